The van der Waals surface area contributed by atoms with Crippen molar-refractivity contribution < 1.29 is 13.9 Å². The smallest absolute Gasteiger partial charge is 0.344 e. The first kappa shape index (κ1) is 19.3. The number of esters is 1. The maximum atomic E-state index is 13.2. The van der Waals surface area contributed by atoms with Crippen molar-refractivity contribution in [3.05, 3.63) is 69.0 Å². The quantitative estimate of drug-likeness (QED) is 0.325. The number of hydrogen-bond acceptors (Lipinski definition) is 4. The molecule has 0 unspecified atom stereocenters. The first-order chi connectivity index (χ1) is 15.0. The summed E-state index contributed by atoms with van der Waals surface area (Å²) in [5, 5.41) is 0.838. The van der Waals surface area contributed by atoms with E-state index in [1.165, 1.54) is 19.3 Å². The Morgan fingerprint density at radius 1 is 0.935 bits per heavy atom. The molecule has 7 rings (SSSR count). The SMILES string of the molecule is O=C(OC12CC3CC(CC(C3)C1)C2)c1ccc(Br)c(-c2cc3ccccc3oc2=O)c1. The van der Waals surface area contributed by atoms with Crippen LogP contribution in [0.5, 0.6) is 0 Å². The lowest BCUT2D eigenvalue weighted by atomic mass is 9.54. The Hall–Kier alpha value is -2.40. The van der Waals surface area contributed by atoms with E-state index in [-0.39, 0.29) is 11.6 Å². The van der Waals surface area contributed by atoms with Crippen LogP contribution in [0.25, 0.3) is 22.1 Å². The van der Waals surface area contributed by atoms with Crippen molar-refractivity contribution in [3.8, 4) is 11.1 Å². The van der Waals surface area contributed by atoms with Gasteiger partial charge in [0.05, 0.1) is 11.1 Å². The third kappa shape index (κ3) is 3.34. The van der Waals surface area contributed by atoms with E-state index in [0.717, 1.165) is 29.1 Å². The van der Waals surface area contributed by atoms with Gasteiger partial charge in [0.1, 0.15) is 11.2 Å². The highest BCUT2D eigenvalue weighted by Gasteiger charge is 2.53. The van der Waals surface area contributed by atoms with Crippen LogP contribution in [0.3, 0.4) is 0 Å². The molecular weight excluding hydrogens is 456 g/mol. The molecular formula is C26H23BrO4. The summed E-state index contributed by atoms with van der Waals surface area (Å²) in [6.07, 6.45) is 6.91. The lowest BCUT2D eigenvalue weighted by Crippen LogP contribution is -2.52. The molecule has 31 heavy (non-hydrogen) atoms. The molecule has 4 fully saturated rings. The molecule has 1 heterocycles. The van der Waals surface area contributed by atoms with E-state index in [2.05, 4.69) is 15.9 Å². The molecule has 0 spiro atoms. The van der Waals surface area contributed by atoms with Crippen molar-refractivity contribution in [2.45, 2.75) is 44.1 Å². The van der Waals surface area contributed by atoms with Gasteiger partial charge < -0.3 is 9.15 Å². The van der Waals surface area contributed by atoms with Crippen molar-refractivity contribution >= 4 is 32.9 Å². The van der Waals surface area contributed by atoms with Crippen LogP contribution in [0.4, 0.5) is 0 Å². The Bertz CT molecular complexity index is 1220. The van der Waals surface area contributed by atoms with Crippen LogP contribution in [0.15, 0.2) is 62.2 Å². The topological polar surface area (TPSA) is 56.5 Å². The molecule has 1 aromatic heterocycles. The summed E-state index contributed by atoms with van der Waals surface area (Å²) in [6, 6.07) is 14.5. The summed E-state index contributed by atoms with van der Waals surface area (Å²) >= 11 is 3.54. The molecule has 158 valence electrons. The van der Waals surface area contributed by atoms with Gasteiger partial charge >= 0.3 is 11.6 Å². The molecule has 2 aromatic carbocycles. The molecule has 4 saturated carbocycles. The second-order valence-electron chi connectivity index (χ2n) is 9.67. The first-order valence-electron chi connectivity index (χ1n) is 11.0. The summed E-state index contributed by atoms with van der Waals surface area (Å²) in [6.45, 7) is 0. The molecule has 4 bridgehead atoms. The molecule has 4 nitrogen and oxygen atoms in total. The highest BCUT2D eigenvalue weighted by molar-refractivity contribution is 9.10. The van der Waals surface area contributed by atoms with Crippen LogP contribution >= 0.6 is 15.9 Å². The van der Waals surface area contributed by atoms with Gasteiger partial charge in [0.2, 0.25) is 0 Å². The highest BCUT2D eigenvalue weighted by atomic mass is 79.9. The van der Waals surface area contributed by atoms with Gasteiger partial charge in [0.15, 0.2) is 0 Å². The first-order valence-corrected chi connectivity index (χ1v) is 11.8. The molecule has 4 aliphatic rings. The number of benzene rings is 2. The molecule has 0 atom stereocenters. The Labute approximate surface area is 188 Å². The fourth-order valence-corrected chi connectivity index (χ4v) is 6.98. The van der Waals surface area contributed by atoms with Crippen molar-refractivity contribution in [2.24, 2.45) is 17.8 Å². The van der Waals surface area contributed by atoms with E-state index in [1.54, 1.807) is 24.3 Å². The number of fused-ring (bicyclic) bond motifs is 1. The number of rotatable bonds is 3. The average molecular weight is 479 g/mol. The maximum Gasteiger partial charge on any atom is 0.344 e. The zero-order valence-corrected chi connectivity index (χ0v) is 18.7. The predicted octanol–water partition coefficient (Wildman–Crippen LogP) is 6.35. The Balaban J connectivity index is 1.34. The van der Waals surface area contributed by atoms with Gasteiger partial charge in [-0.1, -0.05) is 34.1 Å². The third-order valence-electron chi connectivity index (χ3n) is 7.42. The van der Waals surface area contributed by atoms with E-state index in [1.807, 2.05) is 24.3 Å². The number of para-hydroxylation sites is 1. The summed E-state index contributed by atoms with van der Waals surface area (Å²) in [7, 11) is 0. The van der Waals surface area contributed by atoms with Gasteiger partial charge in [0.25, 0.3) is 0 Å². The fourth-order valence-electron chi connectivity index (χ4n) is 6.52. The van der Waals surface area contributed by atoms with Crippen LogP contribution in [-0.4, -0.2) is 11.6 Å². The zero-order valence-electron chi connectivity index (χ0n) is 17.1. The molecule has 0 amide bonds. The van der Waals surface area contributed by atoms with Crippen LogP contribution in [0, 0.1) is 17.8 Å². The summed E-state index contributed by atoms with van der Waals surface area (Å²) in [5.74, 6) is 1.84. The number of halogens is 1. The van der Waals surface area contributed by atoms with E-state index in [9.17, 15) is 9.59 Å². The van der Waals surface area contributed by atoms with Crippen molar-refractivity contribution in [1.29, 1.82) is 0 Å². The maximum absolute atomic E-state index is 13.2. The van der Waals surface area contributed by atoms with E-state index in [0.29, 0.717) is 40.0 Å². The van der Waals surface area contributed by atoms with Crippen LogP contribution < -0.4 is 5.63 Å². The van der Waals surface area contributed by atoms with Crippen molar-refractivity contribution in [2.75, 3.05) is 0 Å². The average Bonchev–Trinajstić information content (AvgIpc) is 2.72. The monoisotopic (exact) mass is 478 g/mol. The van der Waals surface area contributed by atoms with Gasteiger partial charge in [0, 0.05) is 15.4 Å². The minimum Gasteiger partial charge on any atom is -0.455 e. The van der Waals surface area contributed by atoms with Gasteiger partial charge in [-0.05, 0) is 86.6 Å². The summed E-state index contributed by atoms with van der Waals surface area (Å²) in [4.78, 5) is 25.8. The fraction of sp³-hybridized carbons (Fsp3) is 0.385. The van der Waals surface area contributed by atoms with Gasteiger partial charge in [-0.25, -0.2) is 9.59 Å². The van der Waals surface area contributed by atoms with Gasteiger partial charge in [-0.15, -0.1) is 0 Å². The third-order valence-corrected chi connectivity index (χ3v) is 8.12. The molecule has 0 N–H and O–H groups in total. The minimum atomic E-state index is -0.425. The van der Waals surface area contributed by atoms with Gasteiger partial charge in [-0.3, -0.25) is 0 Å². The largest absolute Gasteiger partial charge is 0.455 e. The van der Waals surface area contributed by atoms with Crippen LogP contribution in [0.2, 0.25) is 0 Å². The van der Waals surface area contributed by atoms with Crippen LogP contribution in [-0.2, 0) is 4.74 Å². The second-order valence-corrected chi connectivity index (χ2v) is 10.5. The normalized spacial score (nSPS) is 28.7. The minimum absolute atomic E-state index is 0.291. The Morgan fingerprint density at radius 3 is 2.32 bits per heavy atom. The van der Waals surface area contributed by atoms with E-state index in [4.69, 9.17) is 9.15 Å². The summed E-state index contributed by atoms with van der Waals surface area (Å²) in [5.41, 5.74) is 1.37. The highest BCUT2D eigenvalue weighted by Crippen LogP contribution is 2.57. The number of hydrogen-bond donors (Lipinski definition) is 0. The number of carbonyl (C=O) groups excluding carboxylic acids is 1. The molecule has 0 saturated heterocycles. The number of ether oxygens (including phenoxy) is 1. The molecule has 0 aliphatic heterocycles. The molecule has 5 heteroatoms. The number of carbonyl (C=O) groups is 1. The Kier molecular flexibility index (Phi) is 4.39. The lowest BCUT2D eigenvalue weighted by Gasteiger charge is -2.55. The van der Waals surface area contributed by atoms with Crippen molar-refractivity contribution in [1.82, 2.24) is 0 Å². The second kappa shape index (κ2) is 7.06. The van der Waals surface area contributed by atoms with E-state index < -0.39 is 5.63 Å². The molecule has 4 aliphatic carbocycles. The molecule has 3 aromatic rings. The van der Waals surface area contributed by atoms with E-state index >= 15 is 0 Å². The standard InChI is InChI=1S/C26H23BrO4/c27-22-6-5-19(11-20(22)21-10-18-3-1-2-4-23(18)30-25(21)29)24(28)31-26-12-15-7-16(13-26)9-17(8-15)14-26/h1-6,10-11,15-17H,7-9,12-14H2. The summed E-state index contributed by atoms with van der Waals surface area (Å²) < 4.78 is 12.5. The van der Waals surface area contributed by atoms with Crippen molar-refractivity contribution in [3.63, 3.8) is 0 Å². The Morgan fingerprint density at radius 2 is 1.61 bits per heavy atom. The zero-order chi connectivity index (χ0) is 21.2. The lowest BCUT2D eigenvalue weighted by molar-refractivity contribution is -0.131. The van der Waals surface area contributed by atoms with Gasteiger partial charge in [-0.2, -0.15) is 0 Å². The predicted molar refractivity (Wildman–Crippen MR) is 122 cm³/mol. The molecule has 0 radical (unpaired) electrons. The van der Waals surface area contributed by atoms with Crippen LogP contribution in [0.1, 0.15) is 48.9 Å².